The van der Waals surface area contributed by atoms with Crippen molar-refractivity contribution < 1.29 is 4.52 Å². The van der Waals surface area contributed by atoms with Crippen LogP contribution < -0.4 is 10.6 Å². The molecule has 0 unspecified atom stereocenters. The van der Waals surface area contributed by atoms with Crippen molar-refractivity contribution in [1.29, 1.82) is 0 Å². The van der Waals surface area contributed by atoms with Gasteiger partial charge in [0, 0.05) is 24.2 Å². The van der Waals surface area contributed by atoms with Crippen LogP contribution in [-0.4, -0.2) is 23.1 Å². The van der Waals surface area contributed by atoms with Gasteiger partial charge in [0.15, 0.2) is 11.7 Å². The van der Waals surface area contributed by atoms with Crippen LogP contribution in [0.1, 0.15) is 28.3 Å². The molecule has 0 aliphatic heterocycles. The summed E-state index contributed by atoms with van der Waals surface area (Å²) in [5, 5.41) is 11.4. The van der Waals surface area contributed by atoms with Crippen LogP contribution in [0.3, 0.4) is 0 Å². The van der Waals surface area contributed by atoms with E-state index in [1.807, 2.05) is 26.1 Å². The fraction of sp³-hybridized carbons (Fsp3) is 0.462. The van der Waals surface area contributed by atoms with E-state index >= 15 is 0 Å². The second-order valence-corrected chi connectivity index (χ2v) is 5.60. The van der Waals surface area contributed by atoms with E-state index in [9.17, 15) is 0 Å². The van der Waals surface area contributed by atoms with E-state index in [-0.39, 0.29) is 24.0 Å². The van der Waals surface area contributed by atoms with Gasteiger partial charge in [0.1, 0.15) is 5.01 Å². The Bertz CT molecular complexity index is 581. The number of thiazole rings is 1. The Hall–Kier alpha value is -1.16. The summed E-state index contributed by atoms with van der Waals surface area (Å²) in [5.74, 6) is 1.52. The Labute approximate surface area is 145 Å². The van der Waals surface area contributed by atoms with Crippen LogP contribution in [0.4, 0.5) is 0 Å². The number of aliphatic imine (C=N–C) groups is 1. The maximum absolute atomic E-state index is 5.21. The lowest BCUT2D eigenvalue weighted by Gasteiger charge is -2.09. The van der Waals surface area contributed by atoms with Crippen molar-refractivity contribution in [3.8, 4) is 0 Å². The van der Waals surface area contributed by atoms with Gasteiger partial charge in [0.2, 0.25) is 0 Å². The minimum atomic E-state index is 0. The summed E-state index contributed by atoms with van der Waals surface area (Å²) in [6, 6.07) is 1.95. The normalized spacial score (nSPS) is 11.1. The van der Waals surface area contributed by atoms with E-state index in [1.165, 1.54) is 4.88 Å². The second kappa shape index (κ2) is 8.98. The Morgan fingerprint density at radius 2 is 2.14 bits per heavy atom. The predicted molar refractivity (Wildman–Crippen MR) is 95.2 cm³/mol. The fourth-order valence-corrected chi connectivity index (χ4v) is 2.37. The van der Waals surface area contributed by atoms with E-state index in [2.05, 4.69) is 25.8 Å². The van der Waals surface area contributed by atoms with Crippen molar-refractivity contribution in [3.05, 3.63) is 33.6 Å². The summed E-state index contributed by atoms with van der Waals surface area (Å²) in [6.07, 6.45) is 2.75. The van der Waals surface area contributed by atoms with Gasteiger partial charge in [-0.2, -0.15) is 0 Å². The van der Waals surface area contributed by atoms with Crippen molar-refractivity contribution in [2.75, 3.05) is 7.05 Å². The second-order valence-electron chi connectivity index (χ2n) is 4.28. The van der Waals surface area contributed by atoms with E-state index in [1.54, 1.807) is 18.4 Å². The highest BCUT2D eigenvalue weighted by molar-refractivity contribution is 14.0. The molecule has 0 amide bonds. The molecule has 0 bridgehead atoms. The first-order chi connectivity index (χ1) is 9.71. The molecule has 2 rings (SSSR count). The number of aryl methyl sites for hydroxylation is 2. The van der Waals surface area contributed by atoms with Crippen molar-refractivity contribution in [3.63, 3.8) is 0 Å². The molecule has 116 valence electrons. The van der Waals surface area contributed by atoms with Crippen molar-refractivity contribution in [1.82, 2.24) is 20.8 Å². The van der Waals surface area contributed by atoms with Gasteiger partial charge in [-0.05, 0) is 13.3 Å². The average Bonchev–Trinajstić information content (AvgIpc) is 3.08. The molecule has 0 fully saturated rings. The molecule has 2 aromatic rings. The molecule has 8 heteroatoms. The van der Waals surface area contributed by atoms with E-state index in [0.29, 0.717) is 19.0 Å². The molecule has 2 N–H and O–H groups in total. The number of aromatic nitrogens is 2. The smallest absolute Gasteiger partial charge is 0.191 e. The van der Waals surface area contributed by atoms with Crippen LogP contribution in [-0.2, 0) is 19.5 Å². The van der Waals surface area contributed by atoms with E-state index in [4.69, 9.17) is 4.52 Å². The first kappa shape index (κ1) is 17.9. The highest BCUT2D eigenvalue weighted by Crippen LogP contribution is 2.10. The number of hydrogen-bond donors (Lipinski definition) is 2. The van der Waals surface area contributed by atoms with Gasteiger partial charge in [-0.25, -0.2) is 4.98 Å². The summed E-state index contributed by atoms with van der Waals surface area (Å²) in [6.45, 7) is 5.31. The lowest BCUT2D eigenvalue weighted by atomic mass is 10.3. The van der Waals surface area contributed by atoms with E-state index in [0.717, 1.165) is 22.9 Å². The molecule has 21 heavy (non-hydrogen) atoms. The molecule has 0 aromatic carbocycles. The van der Waals surface area contributed by atoms with Gasteiger partial charge in [-0.3, -0.25) is 4.99 Å². The third-order valence-corrected chi connectivity index (χ3v) is 3.61. The maximum atomic E-state index is 5.21. The van der Waals surface area contributed by atoms with Crippen LogP contribution in [0.25, 0.3) is 0 Å². The Balaban J connectivity index is 0.00000220. The van der Waals surface area contributed by atoms with Gasteiger partial charge >= 0.3 is 0 Å². The molecule has 0 aliphatic carbocycles. The number of rotatable bonds is 5. The number of hydrogen-bond acceptors (Lipinski definition) is 5. The van der Waals surface area contributed by atoms with Gasteiger partial charge in [0.05, 0.1) is 18.8 Å². The third-order valence-electron chi connectivity index (χ3n) is 2.70. The Kier molecular flexibility index (Phi) is 7.65. The summed E-state index contributed by atoms with van der Waals surface area (Å²) in [4.78, 5) is 9.67. The summed E-state index contributed by atoms with van der Waals surface area (Å²) in [7, 11) is 1.74. The molecule has 2 aromatic heterocycles. The largest absolute Gasteiger partial charge is 0.359 e. The molecule has 0 saturated heterocycles. The fourth-order valence-electron chi connectivity index (χ4n) is 1.64. The topological polar surface area (TPSA) is 75.3 Å². The standard InChI is InChI=1S/C13H19N5OS.HI/c1-4-10-5-11(19-18-10)7-16-13(14-3)17-8-12-15-6-9(2)20-12;/h5-6H,4,7-8H2,1-3H3,(H2,14,16,17);1H. The Morgan fingerprint density at radius 1 is 1.38 bits per heavy atom. The lowest BCUT2D eigenvalue weighted by molar-refractivity contribution is 0.374. The molecule has 0 atom stereocenters. The Morgan fingerprint density at radius 3 is 2.71 bits per heavy atom. The van der Waals surface area contributed by atoms with Gasteiger partial charge in [-0.15, -0.1) is 35.3 Å². The summed E-state index contributed by atoms with van der Waals surface area (Å²) >= 11 is 1.68. The van der Waals surface area contributed by atoms with Crippen molar-refractivity contribution >= 4 is 41.3 Å². The average molecular weight is 421 g/mol. The predicted octanol–water partition coefficient (Wildman–Crippen LogP) is 2.49. The van der Waals surface area contributed by atoms with Crippen molar-refractivity contribution in [2.24, 2.45) is 4.99 Å². The SMILES string of the molecule is CCc1cc(CNC(=NC)NCc2ncc(C)s2)on1.I. The zero-order valence-corrected chi connectivity index (χ0v) is 15.5. The monoisotopic (exact) mass is 421 g/mol. The zero-order valence-electron chi connectivity index (χ0n) is 12.3. The van der Waals surface area contributed by atoms with Crippen molar-refractivity contribution in [2.45, 2.75) is 33.4 Å². The number of nitrogens with zero attached hydrogens (tertiary/aromatic N) is 3. The molecule has 2 heterocycles. The molecule has 0 saturated carbocycles. The highest BCUT2D eigenvalue weighted by atomic mass is 127. The molecule has 0 aliphatic rings. The molecular weight excluding hydrogens is 401 g/mol. The minimum absolute atomic E-state index is 0. The van der Waals surface area contributed by atoms with Crippen LogP contribution in [0, 0.1) is 6.92 Å². The molecule has 0 spiro atoms. The van der Waals surface area contributed by atoms with Crippen LogP contribution in [0.2, 0.25) is 0 Å². The van der Waals surface area contributed by atoms with Gasteiger partial charge < -0.3 is 15.2 Å². The zero-order chi connectivity index (χ0) is 14.4. The van der Waals surface area contributed by atoms with Crippen LogP contribution in [0.5, 0.6) is 0 Å². The van der Waals surface area contributed by atoms with Gasteiger partial charge in [-0.1, -0.05) is 12.1 Å². The number of halogens is 1. The summed E-state index contributed by atoms with van der Waals surface area (Å²) < 4.78 is 5.21. The molecular formula is C13H20IN5OS. The molecule has 0 radical (unpaired) electrons. The maximum Gasteiger partial charge on any atom is 0.191 e. The first-order valence-electron chi connectivity index (χ1n) is 6.51. The third kappa shape index (κ3) is 5.62. The lowest BCUT2D eigenvalue weighted by Crippen LogP contribution is -2.36. The highest BCUT2D eigenvalue weighted by Gasteiger charge is 2.05. The van der Waals surface area contributed by atoms with Crippen LogP contribution >= 0.6 is 35.3 Å². The summed E-state index contributed by atoms with van der Waals surface area (Å²) in [5.41, 5.74) is 0.961. The minimum Gasteiger partial charge on any atom is -0.359 e. The quantitative estimate of drug-likeness (QED) is 0.441. The van der Waals surface area contributed by atoms with Crippen LogP contribution in [0.15, 0.2) is 21.8 Å². The molecule has 6 nitrogen and oxygen atoms in total. The number of guanidine groups is 1. The van der Waals surface area contributed by atoms with Gasteiger partial charge in [0.25, 0.3) is 0 Å². The number of nitrogens with one attached hydrogen (secondary N) is 2. The first-order valence-corrected chi connectivity index (χ1v) is 7.33. The van der Waals surface area contributed by atoms with E-state index < -0.39 is 0 Å².